The van der Waals surface area contributed by atoms with E-state index in [-0.39, 0.29) is 18.6 Å². The van der Waals surface area contributed by atoms with Crippen LogP contribution in [0, 0.1) is 5.92 Å². The number of carbonyl (C=O) groups excluding carboxylic acids is 1. The van der Waals surface area contributed by atoms with Crippen molar-refractivity contribution in [3.63, 3.8) is 0 Å². The van der Waals surface area contributed by atoms with Crippen molar-refractivity contribution in [3.8, 4) is 0 Å². The van der Waals surface area contributed by atoms with Gasteiger partial charge in [-0.1, -0.05) is 38.1 Å². The Labute approximate surface area is 121 Å². The van der Waals surface area contributed by atoms with Gasteiger partial charge >= 0.3 is 0 Å². The number of nitrogens with one attached hydrogen (secondary N) is 1. The van der Waals surface area contributed by atoms with Crippen LogP contribution in [0.2, 0.25) is 0 Å². The second kappa shape index (κ2) is 6.89. The number of aliphatic hydroxyl groups excluding tert-OH is 1. The molecule has 0 saturated heterocycles. The lowest BCUT2D eigenvalue weighted by molar-refractivity contribution is -0.121. The minimum Gasteiger partial charge on any atom is -0.396 e. The first-order valence-electron chi connectivity index (χ1n) is 7.59. The van der Waals surface area contributed by atoms with E-state index in [0.29, 0.717) is 24.7 Å². The second-order valence-corrected chi connectivity index (χ2v) is 6.10. The van der Waals surface area contributed by atoms with Gasteiger partial charge in [0.15, 0.2) is 0 Å². The van der Waals surface area contributed by atoms with Crippen LogP contribution in [0.15, 0.2) is 24.3 Å². The molecule has 1 atom stereocenters. The molecule has 2 rings (SSSR count). The predicted octanol–water partition coefficient (Wildman–Crippen LogP) is 2.63. The molecule has 1 aromatic rings. The predicted molar refractivity (Wildman–Crippen MR) is 80.6 cm³/mol. The smallest absolute Gasteiger partial charge is 0.224 e. The van der Waals surface area contributed by atoms with Crippen molar-refractivity contribution in [2.75, 3.05) is 6.61 Å². The summed E-state index contributed by atoms with van der Waals surface area (Å²) in [6.45, 7) is 4.46. The zero-order chi connectivity index (χ0) is 14.5. The van der Waals surface area contributed by atoms with Gasteiger partial charge in [-0.15, -0.1) is 0 Å². The Balaban J connectivity index is 1.91. The molecule has 3 nitrogen and oxygen atoms in total. The molecular formula is C17H25NO2. The molecule has 0 unspecified atom stereocenters. The largest absolute Gasteiger partial charge is 0.396 e. The van der Waals surface area contributed by atoms with Crippen LogP contribution in [-0.2, 0) is 11.2 Å². The minimum absolute atomic E-state index is 0.0660. The van der Waals surface area contributed by atoms with Gasteiger partial charge in [-0.3, -0.25) is 4.79 Å². The zero-order valence-electron chi connectivity index (χ0n) is 12.4. The topological polar surface area (TPSA) is 49.3 Å². The standard InChI is InChI=1S/C17H25NO2/c1-12(2)15-5-3-4-13(10-15)11-17(20)18-16(8-9-19)14-6-7-14/h3-5,10,12,14,16,19H,6-9,11H2,1-2H3,(H,18,20)/t16-/m1/s1. The molecule has 0 aromatic heterocycles. The molecule has 110 valence electrons. The van der Waals surface area contributed by atoms with E-state index in [1.165, 1.54) is 18.4 Å². The van der Waals surface area contributed by atoms with E-state index in [9.17, 15) is 4.79 Å². The minimum atomic E-state index is 0.0660. The number of rotatable bonds is 7. The van der Waals surface area contributed by atoms with Gasteiger partial charge in [0.1, 0.15) is 0 Å². The third kappa shape index (κ3) is 4.34. The first kappa shape index (κ1) is 15.0. The van der Waals surface area contributed by atoms with E-state index in [1.807, 2.05) is 12.1 Å². The second-order valence-electron chi connectivity index (χ2n) is 6.10. The van der Waals surface area contributed by atoms with Crippen LogP contribution >= 0.6 is 0 Å². The Hall–Kier alpha value is -1.35. The molecule has 20 heavy (non-hydrogen) atoms. The number of amides is 1. The summed E-state index contributed by atoms with van der Waals surface area (Å²) in [7, 11) is 0. The quantitative estimate of drug-likeness (QED) is 0.803. The van der Waals surface area contributed by atoms with Crippen molar-refractivity contribution in [3.05, 3.63) is 35.4 Å². The molecule has 1 fully saturated rings. The number of benzene rings is 1. The number of aliphatic hydroxyl groups is 1. The Morgan fingerprint density at radius 2 is 2.15 bits per heavy atom. The van der Waals surface area contributed by atoms with E-state index in [1.54, 1.807) is 0 Å². The number of hydrogen-bond acceptors (Lipinski definition) is 2. The molecule has 2 N–H and O–H groups in total. The van der Waals surface area contributed by atoms with Gasteiger partial charge in [-0.25, -0.2) is 0 Å². The molecule has 0 radical (unpaired) electrons. The Morgan fingerprint density at radius 1 is 1.40 bits per heavy atom. The van der Waals surface area contributed by atoms with Crippen molar-refractivity contribution < 1.29 is 9.90 Å². The van der Waals surface area contributed by atoms with Crippen LogP contribution in [-0.4, -0.2) is 23.7 Å². The molecule has 0 spiro atoms. The van der Waals surface area contributed by atoms with Crippen LogP contribution in [0.1, 0.15) is 50.2 Å². The molecular weight excluding hydrogens is 250 g/mol. The first-order chi connectivity index (χ1) is 9.60. The fraction of sp³-hybridized carbons (Fsp3) is 0.588. The van der Waals surface area contributed by atoms with Crippen molar-refractivity contribution in [2.24, 2.45) is 5.92 Å². The average molecular weight is 275 g/mol. The molecule has 3 heteroatoms. The lowest BCUT2D eigenvalue weighted by Crippen LogP contribution is -2.38. The van der Waals surface area contributed by atoms with E-state index in [2.05, 4.69) is 31.3 Å². The Kier molecular flexibility index (Phi) is 5.18. The van der Waals surface area contributed by atoms with Gasteiger partial charge in [0.2, 0.25) is 5.91 Å². The Bertz CT molecular complexity index is 452. The molecule has 0 heterocycles. The van der Waals surface area contributed by atoms with Crippen LogP contribution in [0.5, 0.6) is 0 Å². The van der Waals surface area contributed by atoms with Crippen molar-refractivity contribution in [1.82, 2.24) is 5.32 Å². The van der Waals surface area contributed by atoms with Gasteiger partial charge in [0.25, 0.3) is 0 Å². The highest BCUT2D eigenvalue weighted by atomic mass is 16.3. The lowest BCUT2D eigenvalue weighted by atomic mass is 9.99. The highest BCUT2D eigenvalue weighted by Crippen LogP contribution is 2.33. The SMILES string of the molecule is CC(C)c1cccc(CC(=O)N[C@H](CCO)C2CC2)c1. The summed E-state index contributed by atoms with van der Waals surface area (Å²) < 4.78 is 0. The summed E-state index contributed by atoms with van der Waals surface area (Å²) in [5.74, 6) is 1.12. The van der Waals surface area contributed by atoms with Crippen LogP contribution in [0.4, 0.5) is 0 Å². The van der Waals surface area contributed by atoms with Gasteiger partial charge in [-0.05, 0) is 42.2 Å². The van der Waals surface area contributed by atoms with Gasteiger partial charge in [0, 0.05) is 12.6 Å². The first-order valence-corrected chi connectivity index (χ1v) is 7.59. The van der Waals surface area contributed by atoms with Gasteiger partial charge in [0.05, 0.1) is 6.42 Å². The molecule has 0 aliphatic heterocycles. The van der Waals surface area contributed by atoms with Crippen molar-refractivity contribution in [1.29, 1.82) is 0 Å². The van der Waals surface area contributed by atoms with Crippen molar-refractivity contribution >= 4 is 5.91 Å². The summed E-state index contributed by atoms with van der Waals surface area (Å²) in [6, 6.07) is 8.39. The Morgan fingerprint density at radius 3 is 2.75 bits per heavy atom. The highest BCUT2D eigenvalue weighted by molar-refractivity contribution is 5.79. The molecule has 1 amide bonds. The number of carbonyl (C=O) groups is 1. The van der Waals surface area contributed by atoms with Crippen LogP contribution < -0.4 is 5.32 Å². The van der Waals surface area contributed by atoms with Gasteiger partial charge in [-0.2, -0.15) is 0 Å². The average Bonchev–Trinajstić information content (AvgIpc) is 3.22. The fourth-order valence-electron chi connectivity index (χ4n) is 2.57. The van der Waals surface area contributed by atoms with E-state index >= 15 is 0 Å². The molecule has 1 aliphatic rings. The zero-order valence-corrected chi connectivity index (χ0v) is 12.4. The van der Waals surface area contributed by atoms with E-state index in [4.69, 9.17) is 5.11 Å². The summed E-state index contributed by atoms with van der Waals surface area (Å²) >= 11 is 0. The third-order valence-electron chi connectivity index (χ3n) is 3.96. The summed E-state index contributed by atoms with van der Waals surface area (Å²) in [5, 5.41) is 12.1. The normalized spacial score (nSPS) is 16.2. The molecule has 1 saturated carbocycles. The van der Waals surface area contributed by atoms with Crippen molar-refractivity contribution in [2.45, 2.75) is 51.5 Å². The van der Waals surface area contributed by atoms with E-state index in [0.717, 1.165) is 5.56 Å². The maximum Gasteiger partial charge on any atom is 0.224 e. The molecule has 1 aliphatic carbocycles. The third-order valence-corrected chi connectivity index (χ3v) is 3.96. The summed E-state index contributed by atoms with van der Waals surface area (Å²) in [5.41, 5.74) is 2.33. The summed E-state index contributed by atoms with van der Waals surface area (Å²) in [4.78, 5) is 12.1. The van der Waals surface area contributed by atoms with E-state index < -0.39 is 0 Å². The summed E-state index contributed by atoms with van der Waals surface area (Å²) in [6.07, 6.45) is 3.44. The monoisotopic (exact) mass is 275 g/mol. The molecule has 0 bridgehead atoms. The lowest BCUT2D eigenvalue weighted by Gasteiger charge is -2.17. The maximum absolute atomic E-state index is 12.1. The van der Waals surface area contributed by atoms with Crippen LogP contribution in [0.25, 0.3) is 0 Å². The highest BCUT2D eigenvalue weighted by Gasteiger charge is 2.31. The molecule has 1 aromatic carbocycles. The van der Waals surface area contributed by atoms with Gasteiger partial charge < -0.3 is 10.4 Å². The van der Waals surface area contributed by atoms with Crippen LogP contribution in [0.3, 0.4) is 0 Å². The maximum atomic E-state index is 12.1. The number of hydrogen-bond donors (Lipinski definition) is 2. The fourth-order valence-corrected chi connectivity index (χ4v) is 2.57.